The van der Waals surface area contributed by atoms with Gasteiger partial charge in [0.05, 0.1) is 17.0 Å². The molecule has 1 unspecified atom stereocenters. The number of nitrogens with zero attached hydrogens (tertiary/aromatic N) is 1. The SMILES string of the molecule is O=C(COC(=O)c1cc2c(cc1[N+](=O)[O-])OCO2)NC(Cc1ccccc1)c1ccccc1. The Balaban J connectivity index is 1.44. The van der Waals surface area contributed by atoms with Gasteiger partial charge in [-0.05, 0) is 17.5 Å². The minimum absolute atomic E-state index is 0.102. The summed E-state index contributed by atoms with van der Waals surface area (Å²) in [5, 5.41) is 14.2. The highest BCUT2D eigenvalue weighted by molar-refractivity contribution is 5.96. The zero-order chi connectivity index (χ0) is 23.2. The summed E-state index contributed by atoms with van der Waals surface area (Å²) in [5.41, 5.74) is 1.11. The van der Waals surface area contributed by atoms with Crippen LogP contribution in [0.2, 0.25) is 0 Å². The van der Waals surface area contributed by atoms with Crippen LogP contribution in [0.5, 0.6) is 11.5 Å². The number of nitrogens with one attached hydrogen (secondary N) is 1. The second-order valence-corrected chi connectivity index (χ2v) is 7.28. The number of fused-ring (bicyclic) bond motifs is 1. The molecule has 1 atom stereocenters. The zero-order valence-corrected chi connectivity index (χ0v) is 17.4. The number of hydrogen-bond acceptors (Lipinski definition) is 7. The van der Waals surface area contributed by atoms with Crippen molar-refractivity contribution < 1.29 is 28.7 Å². The molecule has 0 radical (unpaired) electrons. The van der Waals surface area contributed by atoms with E-state index < -0.39 is 29.1 Å². The fourth-order valence-electron chi connectivity index (χ4n) is 3.48. The first-order valence-electron chi connectivity index (χ1n) is 10.1. The van der Waals surface area contributed by atoms with Crippen molar-refractivity contribution in [3.63, 3.8) is 0 Å². The van der Waals surface area contributed by atoms with Crippen LogP contribution in [0.15, 0.2) is 72.8 Å². The smallest absolute Gasteiger partial charge is 0.345 e. The van der Waals surface area contributed by atoms with Crippen LogP contribution in [0.4, 0.5) is 5.69 Å². The van der Waals surface area contributed by atoms with Gasteiger partial charge >= 0.3 is 5.97 Å². The molecule has 3 aromatic rings. The summed E-state index contributed by atoms with van der Waals surface area (Å²) < 4.78 is 15.4. The summed E-state index contributed by atoms with van der Waals surface area (Å²) in [5.74, 6) is -1.17. The first-order chi connectivity index (χ1) is 16.0. The number of benzene rings is 3. The van der Waals surface area contributed by atoms with Gasteiger partial charge in [0, 0.05) is 6.07 Å². The van der Waals surface area contributed by atoms with Gasteiger partial charge in [0.25, 0.3) is 11.6 Å². The number of rotatable bonds is 8. The summed E-state index contributed by atoms with van der Waals surface area (Å²) in [4.78, 5) is 35.8. The highest BCUT2D eigenvalue weighted by atomic mass is 16.7. The van der Waals surface area contributed by atoms with Gasteiger partial charge in [0.2, 0.25) is 6.79 Å². The number of carbonyl (C=O) groups excluding carboxylic acids is 2. The molecule has 3 aromatic carbocycles. The van der Waals surface area contributed by atoms with Crippen molar-refractivity contribution >= 4 is 17.6 Å². The van der Waals surface area contributed by atoms with Crippen LogP contribution in [0, 0.1) is 10.1 Å². The summed E-state index contributed by atoms with van der Waals surface area (Å²) in [6.45, 7) is -0.696. The number of carbonyl (C=O) groups is 2. The van der Waals surface area contributed by atoms with Gasteiger partial charge < -0.3 is 19.5 Å². The van der Waals surface area contributed by atoms with E-state index in [0.717, 1.165) is 17.2 Å². The van der Waals surface area contributed by atoms with Crippen LogP contribution in [0.3, 0.4) is 0 Å². The standard InChI is InChI=1S/C24H20N2O7/c27-23(25-19(17-9-5-2-6-10-17)11-16-7-3-1-4-8-16)14-31-24(28)18-12-21-22(33-15-32-21)13-20(18)26(29)30/h1-10,12-13,19H,11,14-15H2,(H,25,27). The van der Waals surface area contributed by atoms with Crippen molar-refractivity contribution in [3.05, 3.63) is 99.6 Å². The molecule has 1 heterocycles. The largest absolute Gasteiger partial charge is 0.454 e. The van der Waals surface area contributed by atoms with Gasteiger partial charge in [0.15, 0.2) is 18.1 Å². The van der Waals surface area contributed by atoms with Gasteiger partial charge in [-0.2, -0.15) is 0 Å². The monoisotopic (exact) mass is 448 g/mol. The zero-order valence-electron chi connectivity index (χ0n) is 17.4. The van der Waals surface area contributed by atoms with Crippen molar-refractivity contribution in [2.24, 2.45) is 0 Å². The van der Waals surface area contributed by atoms with Crippen molar-refractivity contribution in [2.45, 2.75) is 12.5 Å². The first kappa shape index (κ1) is 21.8. The van der Waals surface area contributed by atoms with E-state index in [1.54, 1.807) is 0 Å². The highest BCUT2D eigenvalue weighted by Gasteiger charge is 2.28. The molecule has 9 heteroatoms. The van der Waals surface area contributed by atoms with Crippen LogP contribution in [0.25, 0.3) is 0 Å². The van der Waals surface area contributed by atoms with E-state index in [0.29, 0.717) is 6.42 Å². The Morgan fingerprint density at radius 2 is 1.64 bits per heavy atom. The molecule has 0 bridgehead atoms. The molecular formula is C24H20N2O7. The van der Waals surface area contributed by atoms with E-state index in [-0.39, 0.29) is 29.9 Å². The van der Waals surface area contributed by atoms with E-state index in [1.165, 1.54) is 6.07 Å². The molecule has 0 aromatic heterocycles. The van der Waals surface area contributed by atoms with Crippen molar-refractivity contribution in [3.8, 4) is 11.5 Å². The maximum absolute atomic E-state index is 12.6. The van der Waals surface area contributed by atoms with Crippen LogP contribution in [-0.4, -0.2) is 30.2 Å². The molecule has 0 fully saturated rings. The third-order valence-electron chi connectivity index (χ3n) is 5.06. The Morgan fingerprint density at radius 3 is 2.30 bits per heavy atom. The summed E-state index contributed by atoms with van der Waals surface area (Å²) in [6, 6.07) is 21.0. The third-order valence-corrected chi connectivity index (χ3v) is 5.06. The van der Waals surface area contributed by atoms with Gasteiger partial charge in [0.1, 0.15) is 5.56 Å². The fourth-order valence-corrected chi connectivity index (χ4v) is 3.48. The third kappa shape index (κ3) is 5.27. The molecule has 1 N–H and O–H groups in total. The molecule has 0 spiro atoms. The fraction of sp³-hybridized carbons (Fsp3) is 0.167. The van der Waals surface area contributed by atoms with Crippen molar-refractivity contribution in [1.82, 2.24) is 5.32 Å². The molecule has 0 saturated heterocycles. The average Bonchev–Trinajstić information content (AvgIpc) is 3.30. The Kier molecular flexibility index (Phi) is 6.49. The number of nitro benzene ring substituents is 1. The van der Waals surface area contributed by atoms with Crippen LogP contribution < -0.4 is 14.8 Å². The normalized spacial score (nSPS) is 12.6. The maximum Gasteiger partial charge on any atom is 0.345 e. The summed E-state index contributed by atoms with van der Waals surface area (Å²) >= 11 is 0. The maximum atomic E-state index is 12.6. The van der Waals surface area contributed by atoms with E-state index in [1.807, 2.05) is 60.7 Å². The Labute approximate surface area is 189 Å². The lowest BCUT2D eigenvalue weighted by atomic mass is 9.99. The minimum Gasteiger partial charge on any atom is -0.454 e. The molecule has 9 nitrogen and oxygen atoms in total. The molecule has 0 aliphatic carbocycles. The molecular weight excluding hydrogens is 428 g/mol. The lowest BCUT2D eigenvalue weighted by Crippen LogP contribution is -2.33. The Hall–Kier alpha value is -4.40. The van der Waals surface area contributed by atoms with E-state index in [2.05, 4.69) is 5.32 Å². The van der Waals surface area contributed by atoms with E-state index >= 15 is 0 Å². The Morgan fingerprint density at radius 1 is 1.00 bits per heavy atom. The lowest BCUT2D eigenvalue weighted by Gasteiger charge is -2.19. The summed E-state index contributed by atoms with van der Waals surface area (Å²) in [7, 11) is 0. The predicted octanol–water partition coefficient (Wildman–Crippen LogP) is 3.58. The molecule has 1 amide bonds. The number of amides is 1. The molecule has 4 rings (SSSR count). The summed E-state index contributed by atoms with van der Waals surface area (Å²) in [6.07, 6.45) is 0.540. The topological polar surface area (TPSA) is 117 Å². The van der Waals surface area contributed by atoms with Crippen molar-refractivity contribution in [1.29, 1.82) is 0 Å². The van der Waals surface area contributed by atoms with Crippen molar-refractivity contribution in [2.75, 3.05) is 13.4 Å². The van der Waals surface area contributed by atoms with Gasteiger partial charge in [-0.15, -0.1) is 0 Å². The molecule has 0 saturated carbocycles. The van der Waals surface area contributed by atoms with Crippen LogP contribution in [-0.2, 0) is 16.0 Å². The second kappa shape index (κ2) is 9.82. The molecule has 33 heavy (non-hydrogen) atoms. The number of ether oxygens (including phenoxy) is 3. The second-order valence-electron chi connectivity index (χ2n) is 7.28. The predicted molar refractivity (Wildman–Crippen MR) is 117 cm³/mol. The molecule has 168 valence electrons. The highest BCUT2D eigenvalue weighted by Crippen LogP contribution is 2.38. The van der Waals surface area contributed by atoms with Crippen LogP contribution in [0.1, 0.15) is 27.5 Å². The Bertz CT molecular complexity index is 1170. The molecule has 1 aliphatic rings. The number of nitro groups is 1. The van der Waals surface area contributed by atoms with Gasteiger partial charge in [-0.25, -0.2) is 4.79 Å². The van der Waals surface area contributed by atoms with Gasteiger partial charge in [-0.3, -0.25) is 14.9 Å². The number of esters is 1. The van der Waals surface area contributed by atoms with E-state index in [4.69, 9.17) is 14.2 Å². The lowest BCUT2D eigenvalue weighted by molar-refractivity contribution is -0.385. The average molecular weight is 448 g/mol. The molecule has 1 aliphatic heterocycles. The minimum atomic E-state index is -1.01. The number of hydrogen-bond donors (Lipinski definition) is 1. The first-order valence-corrected chi connectivity index (χ1v) is 10.1. The van der Waals surface area contributed by atoms with E-state index in [9.17, 15) is 19.7 Å². The quantitative estimate of drug-likeness (QED) is 0.318. The van der Waals surface area contributed by atoms with Gasteiger partial charge in [-0.1, -0.05) is 60.7 Å². The van der Waals surface area contributed by atoms with Crippen LogP contribution >= 0.6 is 0 Å².